The third kappa shape index (κ3) is 3.67. The Morgan fingerprint density at radius 3 is 2.61 bits per heavy atom. The normalized spacial score (nSPS) is 10.1. The number of nitrogens with one attached hydrogen (secondary N) is 1. The van der Waals surface area contributed by atoms with Gasteiger partial charge in [-0.2, -0.15) is 0 Å². The largest absolute Gasteiger partial charge is 0.347 e. The van der Waals surface area contributed by atoms with Crippen LogP contribution in [0.15, 0.2) is 37.6 Å². The molecule has 0 spiro atoms. The zero-order valence-corrected chi connectivity index (χ0v) is 10.8. The summed E-state index contributed by atoms with van der Waals surface area (Å²) in [5.41, 5.74) is 0.625. The van der Waals surface area contributed by atoms with Gasteiger partial charge in [-0.05, 0) is 12.6 Å². The van der Waals surface area contributed by atoms with E-state index in [2.05, 4.69) is 23.5 Å². The Balaban J connectivity index is 2.98. The van der Waals surface area contributed by atoms with Gasteiger partial charge in [-0.15, -0.1) is 13.2 Å². The van der Waals surface area contributed by atoms with Gasteiger partial charge in [0.25, 0.3) is 0 Å². The molecule has 0 bridgehead atoms. The van der Waals surface area contributed by atoms with Crippen LogP contribution in [-0.4, -0.2) is 24.6 Å². The van der Waals surface area contributed by atoms with Gasteiger partial charge in [-0.3, -0.25) is 0 Å². The Bertz CT molecular complexity index is 394. The summed E-state index contributed by atoms with van der Waals surface area (Å²) < 4.78 is 14.3. The molecule has 0 saturated carbocycles. The standard InChI is InChI=1S/C14H20FN3/c1-4-9-18(10-5-2)14-13(15)12(7-8-17-14)11-16-6-3/h4-5,7-8,16H,1-2,6,9-11H2,3H3. The van der Waals surface area contributed by atoms with Gasteiger partial charge < -0.3 is 10.2 Å². The van der Waals surface area contributed by atoms with E-state index < -0.39 is 0 Å². The smallest absolute Gasteiger partial charge is 0.170 e. The van der Waals surface area contributed by atoms with Crippen molar-refractivity contribution in [3.8, 4) is 0 Å². The van der Waals surface area contributed by atoms with Crippen LogP contribution in [0.2, 0.25) is 0 Å². The van der Waals surface area contributed by atoms with Gasteiger partial charge in [0.05, 0.1) is 0 Å². The maximum atomic E-state index is 14.3. The van der Waals surface area contributed by atoms with E-state index in [9.17, 15) is 4.39 Å². The number of halogens is 1. The SMILES string of the molecule is C=CCN(CC=C)c1nccc(CNCC)c1F. The van der Waals surface area contributed by atoms with Crippen molar-refractivity contribution in [2.24, 2.45) is 0 Å². The molecule has 0 amide bonds. The Morgan fingerprint density at radius 2 is 2.06 bits per heavy atom. The fourth-order valence-electron chi connectivity index (χ4n) is 1.65. The summed E-state index contributed by atoms with van der Waals surface area (Å²) in [5, 5.41) is 3.11. The molecule has 0 unspecified atom stereocenters. The van der Waals surface area contributed by atoms with Gasteiger partial charge in [0.1, 0.15) is 0 Å². The molecule has 1 N–H and O–H groups in total. The minimum absolute atomic E-state index is 0.276. The molecule has 3 nitrogen and oxygen atoms in total. The number of rotatable bonds is 8. The van der Waals surface area contributed by atoms with Crippen molar-refractivity contribution < 1.29 is 4.39 Å². The molecule has 1 aromatic heterocycles. The highest BCUT2D eigenvalue weighted by molar-refractivity contribution is 5.44. The summed E-state index contributed by atoms with van der Waals surface area (Å²) in [4.78, 5) is 5.91. The van der Waals surface area contributed by atoms with Crippen LogP contribution in [0.25, 0.3) is 0 Å². The van der Waals surface area contributed by atoms with E-state index in [0.29, 0.717) is 31.0 Å². The van der Waals surface area contributed by atoms with Crippen molar-refractivity contribution in [3.05, 3.63) is 49.0 Å². The number of hydrogen-bond acceptors (Lipinski definition) is 3. The second kappa shape index (κ2) is 7.61. The summed E-state index contributed by atoms with van der Waals surface area (Å²) in [7, 11) is 0. The molecule has 0 fully saturated rings. The van der Waals surface area contributed by atoms with Gasteiger partial charge >= 0.3 is 0 Å². The Morgan fingerprint density at radius 1 is 1.39 bits per heavy atom. The third-order valence-corrected chi connectivity index (χ3v) is 2.51. The highest BCUT2D eigenvalue weighted by Gasteiger charge is 2.14. The summed E-state index contributed by atoms with van der Waals surface area (Å²) >= 11 is 0. The number of aromatic nitrogens is 1. The number of hydrogen-bond donors (Lipinski definition) is 1. The Labute approximate surface area is 108 Å². The molecule has 0 atom stereocenters. The average molecular weight is 249 g/mol. The van der Waals surface area contributed by atoms with Crippen LogP contribution in [0.5, 0.6) is 0 Å². The van der Waals surface area contributed by atoms with Crippen LogP contribution in [0.3, 0.4) is 0 Å². The minimum Gasteiger partial charge on any atom is -0.347 e. The lowest BCUT2D eigenvalue weighted by Crippen LogP contribution is -2.26. The van der Waals surface area contributed by atoms with Gasteiger partial charge in [-0.1, -0.05) is 19.1 Å². The molecule has 1 heterocycles. The molecule has 0 saturated heterocycles. The van der Waals surface area contributed by atoms with E-state index >= 15 is 0 Å². The molecule has 1 rings (SSSR count). The van der Waals surface area contributed by atoms with Crippen molar-refractivity contribution in [3.63, 3.8) is 0 Å². The van der Waals surface area contributed by atoms with Crippen LogP contribution in [0.4, 0.5) is 10.2 Å². The average Bonchev–Trinajstić information content (AvgIpc) is 2.37. The Hall–Kier alpha value is -1.68. The zero-order valence-electron chi connectivity index (χ0n) is 10.8. The minimum atomic E-state index is -0.276. The van der Waals surface area contributed by atoms with Crippen LogP contribution in [-0.2, 0) is 6.54 Å². The highest BCUT2D eigenvalue weighted by atomic mass is 19.1. The van der Waals surface area contributed by atoms with E-state index in [-0.39, 0.29) is 5.82 Å². The second-order valence-electron chi connectivity index (χ2n) is 3.87. The third-order valence-electron chi connectivity index (χ3n) is 2.51. The first kappa shape index (κ1) is 14.4. The van der Waals surface area contributed by atoms with Gasteiger partial charge in [0.15, 0.2) is 11.6 Å². The molecule has 0 aliphatic heterocycles. The van der Waals surface area contributed by atoms with Crippen LogP contribution >= 0.6 is 0 Å². The zero-order chi connectivity index (χ0) is 13.4. The summed E-state index contributed by atoms with van der Waals surface area (Å²) in [6.45, 7) is 11.7. The number of pyridine rings is 1. The highest BCUT2D eigenvalue weighted by Crippen LogP contribution is 2.19. The molecule has 0 aromatic carbocycles. The molecular weight excluding hydrogens is 229 g/mol. The van der Waals surface area contributed by atoms with E-state index in [1.165, 1.54) is 0 Å². The maximum absolute atomic E-state index is 14.3. The van der Waals surface area contributed by atoms with Crippen molar-refractivity contribution >= 4 is 5.82 Å². The lowest BCUT2D eigenvalue weighted by molar-refractivity contribution is 0.583. The van der Waals surface area contributed by atoms with Crippen LogP contribution in [0.1, 0.15) is 12.5 Å². The summed E-state index contributed by atoms with van der Waals surface area (Å²) in [5.74, 6) is 0.0763. The van der Waals surface area contributed by atoms with Gasteiger partial charge in [0, 0.05) is 31.4 Å². The molecule has 0 aliphatic carbocycles. The fourth-order valence-corrected chi connectivity index (χ4v) is 1.65. The number of anilines is 1. The van der Waals surface area contributed by atoms with Crippen molar-refractivity contribution in [2.75, 3.05) is 24.5 Å². The first-order chi connectivity index (χ1) is 8.74. The van der Waals surface area contributed by atoms with E-state index in [0.717, 1.165) is 6.54 Å². The molecule has 0 radical (unpaired) electrons. The molecule has 1 aromatic rings. The van der Waals surface area contributed by atoms with E-state index in [1.807, 2.05) is 6.92 Å². The molecule has 4 heteroatoms. The molecular formula is C14H20FN3. The number of nitrogens with zero attached hydrogens (tertiary/aromatic N) is 2. The first-order valence-electron chi connectivity index (χ1n) is 6.05. The van der Waals surface area contributed by atoms with Crippen LogP contribution in [0, 0.1) is 5.82 Å². The lowest BCUT2D eigenvalue weighted by Gasteiger charge is -2.21. The van der Waals surface area contributed by atoms with E-state index in [1.54, 1.807) is 29.3 Å². The lowest BCUT2D eigenvalue weighted by atomic mass is 10.2. The van der Waals surface area contributed by atoms with Gasteiger partial charge in [-0.25, -0.2) is 9.37 Å². The topological polar surface area (TPSA) is 28.2 Å². The second-order valence-corrected chi connectivity index (χ2v) is 3.87. The first-order valence-corrected chi connectivity index (χ1v) is 6.05. The molecule has 98 valence electrons. The predicted octanol–water partition coefficient (Wildman–Crippen LogP) is 2.51. The van der Waals surface area contributed by atoms with Crippen molar-refractivity contribution in [1.29, 1.82) is 0 Å². The van der Waals surface area contributed by atoms with E-state index in [4.69, 9.17) is 0 Å². The predicted molar refractivity (Wildman–Crippen MR) is 74.2 cm³/mol. The quantitative estimate of drug-likeness (QED) is 0.718. The van der Waals surface area contributed by atoms with Crippen molar-refractivity contribution in [2.45, 2.75) is 13.5 Å². The monoisotopic (exact) mass is 249 g/mol. The van der Waals surface area contributed by atoms with Gasteiger partial charge in [0.2, 0.25) is 0 Å². The van der Waals surface area contributed by atoms with Crippen molar-refractivity contribution in [1.82, 2.24) is 10.3 Å². The summed E-state index contributed by atoms with van der Waals surface area (Å²) in [6, 6.07) is 1.70. The van der Waals surface area contributed by atoms with Crippen LogP contribution < -0.4 is 10.2 Å². The summed E-state index contributed by atoms with van der Waals surface area (Å²) in [6.07, 6.45) is 5.08. The maximum Gasteiger partial charge on any atom is 0.170 e. The fraction of sp³-hybridized carbons (Fsp3) is 0.357. The molecule has 18 heavy (non-hydrogen) atoms. The Kier molecular flexibility index (Phi) is 6.08. The molecule has 0 aliphatic rings.